The molecule has 0 atom stereocenters. The van der Waals surface area contributed by atoms with Crippen molar-refractivity contribution in [3.05, 3.63) is 58.9 Å². The highest BCUT2D eigenvalue weighted by atomic mass is 35.5. The Kier molecular flexibility index (Phi) is 4.20. The van der Waals surface area contributed by atoms with Crippen molar-refractivity contribution in [3.8, 4) is 5.75 Å². The van der Waals surface area contributed by atoms with E-state index < -0.39 is 0 Å². The summed E-state index contributed by atoms with van der Waals surface area (Å²) in [6.45, 7) is 0.418. The third kappa shape index (κ3) is 3.35. The van der Waals surface area contributed by atoms with E-state index in [0.717, 1.165) is 5.56 Å². The molecule has 5 nitrogen and oxygen atoms in total. The molecule has 6 heteroatoms. The van der Waals surface area contributed by atoms with Crippen molar-refractivity contribution >= 4 is 17.4 Å². The molecule has 0 unspecified atom stereocenters. The van der Waals surface area contributed by atoms with Crippen LogP contribution in [0.4, 0.5) is 0 Å². The van der Waals surface area contributed by atoms with Gasteiger partial charge >= 0.3 is 0 Å². The van der Waals surface area contributed by atoms with E-state index in [-0.39, 0.29) is 5.84 Å². The number of aromatic nitrogens is 1. The first-order valence-corrected chi connectivity index (χ1v) is 5.87. The van der Waals surface area contributed by atoms with E-state index in [0.29, 0.717) is 22.9 Å². The first-order chi connectivity index (χ1) is 9.20. The highest BCUT2D eigenvalue weighted by Crippen LogP contribution is 2.23. The second-order valence-corrected chi connectivity index (χ2v) is 4.18. The van der Waals surface area contributed by atoms with Crippen LogP contribution in [0.3, 0.4) is 0 Å². The number of hydrogen-bond donors (Lipinski definition) is 2. The molecule has 0 radical (unpaired) electrons. The third-order valence-corrected chi connectivity index (χ3v) is 2.79. The molecule has 98 valence electrons. The molecule has 0 bridgehead atoms. The fourth-order valence-electron chi connectivity index (χ4n) is 1.49. The SMILES string of the molecule is N/C(=N/O)c1ccc(OCc2ccncc2)cc1Cl. The van der Waals surface area contributed by atoms with Crippen LogP contribution in [0.25, 0.3) is 0 Å². The van der Waals surface area contributed by atoms with Gasteiger partial charge in [-0.25, -0.2) is 0 Å². The first kappa shape index (κ1) is 13.2. The lowest BCUT2D eigenvalue weighted by atomic mass is 10.2. The van der Waals surface area contributed by atoms with Crippen LogP contribution in [0.5, 0.6) is 5.75 Å². The molecule has 1 aromatic carbocycles. The lowest BCUT2D eigenvalue weighted by Gasteiger charge is -2.08. The van der Waals surface area contributed by atoms with Crippen LogP contribution >= 0.6 is 11.6 Å². The fraction of sp³-hybridized carbons (Fsp3) is 0.0769. The van der Waals surface area contributed by atoms with Crippen molar-refractivity contribution in [2.24, 2.45) is 10.9 Å². The second-order valence-electron chi connectivity index (χ2n) is 3.77. The van der Waals surface area contributed by atoms with Crippen LogP contribution < -0.4 is 10.5 Å². The lowest BCUT2D eigenvalue weighted by Crippen LogP contribution is -2.13. The van der Waals surface area contributed by atoms with Crippen molar-refractivity contribution in [3.63, 3.8) is 0 Å². The smallest absolute Gasteiger partial charge is 0.171 e. The molecule has 0 saturated carbocycles. The van der Waals surface area contributed by atoms with Crippen molar-refractivity contribution < 1.29 is 9.94 Å². The van der Waals surface area contributed by atoms with Crippen LogP contribution in [0, 0.1) is 0 Å². The van der Waals surface area contributed by atoms with Crippen molar-refractivity contribution in [2.45, 2.75) is 6.61 Å². The summed E-state index contributed by atoms with van der Waals surface area (Å²) in [7, 11) is 0. The molecule has 2 aromatic rings. The van der Waals surface area contributed by atoms with E-state index in [4.69, 9.17) is 27.3 Å². The number of hydrogen-bond acceptors (Lipinski definition) is 4. The molecule has 0 spiro atoms. The normalized spacial score (nSPS) is 11.3. The molecule has 0 aliphatic heterocycles. The highest BCUT2D eigenvalue weighted by molar-refractivity contribution is 6.34. The number of nitrogens with two attached hydrogens (primary N) is 1. The highest BCUT2D eigenvalue weighted by Gasteiger charge is 2.07. The maximum absolute atomic E-state index is 8.60. The molecule has 0 aliphatic carbocycles. The molecule has 1 heterocycles. The summed E-state index contributed by atoms with van der Waals surface area (Å²) in [5.74, 6) is 0.571. The van der Waals surface area contributed by atoms with E-state index >= 15 is 0 Å². The minimum absolute atomic E-state index is 0.0364. The van der Waals surface area contributed by atoms with Gasteiger partial charge in [0.1, 0.15) is 12.4 Å². The minimum atomic E-state index is -0.0364. The molecule has 1 aromatic heterocycles. The van der Waals surface area contributed by atoms with Crippen LogP contribution in [0.2, 0.25) is 5.02 Å². The number of benzene rings is 1. The molecule has 0 aliphatic rings. The van der Waals surface area contributed by atoms with Gasteiger partial charge in [-0.3, -0.25) is 4.98 Å². The van der Waals surface area contributed by atoms with E-state index in [1.54, 1.807) is 30.6 Å². The zero-order chi connectivity index (χ0) is 13.7. The van der Waals surface area contributed by atoms with Gasteiger partial charge in [0.25, 0.3) is 0 Å². The zero-order valence-electron chi connectivity index (χ0n) is 9.95. The average Bonchev–Trinajstić information content (AvgIpc) is 2.45. The maximum Gasteiger partial charge on any atom is 0.171 e. The summed E-state index contributed by atoms with van der Waals surface area (Å²) < 4.78 is 5.59. The van der Waals surface area contributed by atoms with Gasteiger partial charge in [-0.05, 0) is 35.9 Å². The Morgan fingerprint density at radius 1 is 1.32 bits per heavy atom. The quantitative estimate of drug-likeness (QED) is 0.389. The fourth-order valence-corrected chi connectivity index (χ4v) is 1.76. The molecular formula is C13H12ClN3O2. The van der Waals surface area contributed by atoms with Gasteiger partial charge in [0.05, 0.1) is 5.02 Å². The molecular weight excluding hydrogens is 266 g/mol. The minimum Gasteiger partial charge on any atom is -0.489 e. The third-order valence-electron chi connectivity index (χ3n) is 2.48. The van der Waals surface area contributed by atoms with Gasteiger partial charge in [-0.1, -0.05) is 16.8 Å². The first-order valence-electron chi connectivity index (χ1n) is 5.50. The molecule has 0 amide bonds. The van der Waals surface area contributed by atoms with Gasteiger partial charge in [-0.2, -0.15) is 0 Å². The Hall–Kier alpha value is -2.27. The van der Waals surface area contributed by atoms with Gasteiger partial charge in [0, 0.05) is 18.0 Å². The van der Waals surface area contributed by atoms with Gasteiger partial charge in [-0.15, -0.1) is 0 Å². The Morgan fingerprint density at radius 2 is 2.05 bits per heavy atom. The van der Waals surface area contributed by atoms with Gasteiger partial charge in [0.2, 0.25) is 0 Å². The Balaban J connectivity index is 2.09. The Labute approximate surface area is 115 Å². The summed E-state index contributed by atoms with van der Waals surface area (Å²) in [5, 5.41) is 11.9. The van der Waals surface area contributed by atoms with E-state index in [2.05, 4.69) is 10.1 Å². The van der Waals surface area contributed by atoms with E-state index in [9.17, 15) is 0 Å². The number of amidine groups is 1. The Bertz CT molecular complexity index is 588. The predicted octanol–water partition coefficient (Wildman–Crippen LogP) is 2.41. The topological polar surface area (TPSA) is 80.7 Å². The molecule has 2 rings (SSSR count). The average molecular weight is 278 g/mol. The van der Waals surface area contributed by atoms with Crippen LogP contribution in [-0.2, 0) is 6.61 Å². The van der Waals surface area contributed by atoms with Crippen molar-refractivity contribution in [2.75, 3.05) is 0 Å². The summed E-state index contributed by atoms with van der Waals surface area (Å²) in [5.41, 5.74) is 6.94. The zero-order valence-corrected chi connectivity index (χ0v) is 10.7. The number of oxime groups is 1. The molecule has 0 saturated heterocycles. The molecule has 19 heavy (non-hydrogen) atoms. The summed E-state index contributed by atoms with van der Waals surface area (Å²) in [6.07, 6.45) is 3.40. The largest absolute Gasteiger partial charge is 0.489 e. The van der Waals surface area contributed by atoms with Crippen LogP contribution in [0.1, 0.15) is 11.1 Å². The number of rotatable bonds is 4. The molecule has 0 fully saturated rings. The monoisotopic (exact) mass is 277 g/mol. The summed E-state index contributed by atoms with van der Waals surface area (Å²) in [4.78, 5) is 3.93. The molecule has 3 N–H and O–H groups in total. The van der Waals surface area contributed by atoms with Crippen molar-refractivity contribution in [1.82, 2.24) is 4.98 Å². The van der Waals surface area contributed by atoms with Crippen molar-refractivity contribution in [1.29, 1.82) is 0 Å². The predicted molar refractivity (Wildman–Crippen MR) is 72.5 cm³/mol. The number of pyridine rings is 1. The summed E-state index contributed by atoms with van der Waals surface area (Å²) in [6, 6.07) is 8.70. The van der Waals surface area contributed by atoms with E-state index in [1.165, 1.54) is 0 Å². The number of ether oxygens (including phenoxy) is 1. The number of halogens is 1. The second kappa shape index (κ2) is 6.06. The summed E-state index contributed by atoms with van der Waals surface area (Å²) >= 11 is 6.02. The van der Waals surface area contributed by atoms with Gasteiger partial charge in [0.15, 0.2) is 5.84 Å². The lowest BCUT2D eigenvalue weighted by molar-refractivity contribution is 0.306. The standard InChI is InChI=1S/C13H12ClN3O2/c14-12-7-10(1-2-11(12)13(15)17-18)19-8-9-3-5-16-6-4-9/h1-7,18H,8H2,(H2,15,17). The van der Waals surface area contributed by atoms with Crippen LogP contribution in [0.15, 0.2) is 47.9 Å². The van der Waals surface area contributed by atoms with Crippen LogP contribution in [-0.4, -0.2) is 16.0 Å². The number of nitrogens with zero attached hydrogens (tertiary/aromatic N) is 2. The van der Waals surface area contributed by atoms with Gasteiger partial charge < -0.3 is 15.7 Å². The maximum atomic E-state index is 8.60. The Morgan fingerprint density at radius 3 is 2.68 bits per heavy atom. The van der Waals surface area contributed by atoms with E-state index in [1.807, 2.05) is 12.1 Å².